The summed E-state index contributed by atoms with van der Waals surface area (Å²) >= 11 is 1.59. The lowest BCUT2D eigenvalue weighted by atomic mass is 10.0. The van der Waals surface area contributed by atoms with E-state index < -0.39 is 0 Å². The highest BCUT2D eigenvalue weighted by molar-refractivity contribution is 7.10. The second kappa shape index (κ2) is 6.29. The first-order valence-corrected chi connectivity index (χ1v) is 8.76. The van der Waals surface area contributed by atoms with Crippen molar-refractivity contribution in [3.63, 3.8) is 0 Å². The van der Waals surface area contributed by atoms with Gasteiger partial charge in [0.15, 0.2) is 5.76 Å². The van der Waals surface area contributed by atoms with Crippen LogP contribution in [0.25, 0.3) is 0 Å². The number of hydrogen-bond donors (Lipinski definition) is 0. The molecule has 126 valence electrons. The number of carbonyl (C=O) groups excluding carboxylic acids is 1. The summed E-state index contributed by atoms with van der Waals surface area (Å²) in [6.45, 7) is 2.02. The van der Waals surface area contributed by atoms with Crippen LogP contribution >= 0.6 is 11.3 Å². The molecule has 0 saturated heterocycles. The van der Waals surface area contributed by atoms with Crippen molar-refractivity contribution in [1.29, 1.82) is 0 Å². The molecule has 1 unspecified atom stereocenters. The minimum absolute atomic E-state index is 0.212. The van der Waals surface area contributed by atoms with Crippen molar-refractivity contribution < 1.29 is 13.6 Å². The van der Waals surface area contributed by atoms with E-state index in [9.17, 15) is 9.18 Å². The Bertz CT molecular complexity index is 946. The van der Waals surface area contributed by atoms with E-state index in [4.69, 9.17) is 4.42 Å². The van der Waals surface area contributed by atoms with Crippen LogP contribution in [0.15, 0.2) is 63.6 Å². The third kappa shape index (κ3) is 2.89. The van der Waals surface area contributed by atoms with Crippen LogP contribution in [0.3, 0.4) is 0 Å². The van der Waals surface area contributed by atoms with Gasteiger partial charge in [0.1, 0.15) is 5.82 Å². The maximum Gasteiger partial charge on any atom is 0.310 e. The number of hydrogen-bond acceptors (Lipinski definition) is 4. The molecule has 6 heteroatoms. The Morgan fingerprint density at radius 3 is 2.88 bits per heavy atom. The van der Waals surface area contributed by atoms with Gasteiger partial charge in [-0.1, -0.05) is 12.1 Å². The maximum atomic E-state index is 13.6. The fourth-order valence-electron chi connectivity index (χ4n) is 2.98. The number of hydrazone groups is 1. The second-order valence-corrected chi connectivity index (χ2v) is 6.82. The largest absolute Gasteiger partial charge is 0.459 e. The molecule has 25 heavy (non-hydrogen) atoms. The lowest BCUT2D eigenvalue weighted by Crippen LogP contribution is -2.26. The number of nitrogens with zero attached hydrogens (tertiary/aromatic N) is 2. The third-order valence-corrected chi connectivity index (χ3v) is 5.33. The lowest BCUT2D eigenvalue weighted by Gasteiger charge is -2.20. The van der Waals surface area contributed by atoms with E-state index in [1.54, 1.807) is 35.6 Å². The molecule has 0 spiro atoms. The van der Waals surface area contributed by atoms with Gasteiger partial charge in [0, 0.05) is 16.9 Å². The highest BCUT2D eigenvalue weighted by atomic mass is 32.1. The van der Waals surface area contributed by atoms with Crippen molar-refractivity contribution >= 4 is 23.0 Å². The predicted octanol–water partition coefficient (Wildman–Crippen LogP) is 4.78. The average molecular weight is 354 g/mol. The van der Waals surface area contributed by atoms with Crippen molar-refractivity contribution in [2.75, 3.05) is 0 Å². The molecule has 0 bridgehead atoms. The van der Waals surface area contributed by atoms with Crippen molar-refractivity contribution in [2.24, 2.45) is 5.10 Å². The van der Waals surface area contributed by atoms with E-state index >= 15 is 0 Å². The Hall–Kier alpha value is -2.73. The van der Waals surface area contributed by atoms with Gasteiger partial charge in [-0.25, -0.2) is 9.40 Å². The van der Waals surface area contributed by atoms with Crippen molar-refractivity contribution in [1.82, 2.24) is 5.01 Å². The minimum atomic E-state index is -0.320. The van der Waals surface area contributed by atoms with E-state index in [0.717, 1.165) is 10.4 Å². The van der Waals surface area contributed by atoms with Gasteiger partial charge in [0.25, 0.3) is 0 Å². The highest BCUT2D eigenvalue weighted by Gasteiger charge is 2.36. The number of thiophene rings is 1. The molecule has 1 aromatic carbocycles. The zero-order valence-electron chi connectivity index (χ0n) is 13.5. The number of carbonyl (C=O) groups is 1. The predicted molar refractivity (Wildman–Crippen MR) is 94.2 cm³/mol. The second-order valence-electron chi connectivity index (χ2n) is 5.87. The van der Waals surface area contributed by atoms with Crippen molar-refractivity contribution in [2.45, 2.75) is 19.4 Å². The molecule has 1 amide bonds. The Kier molecular flexibility index (Phi) is 3.97. The van der Waals surface area contributed by atoms with Crippen LogP contribution < -0.4 is 0 Å². The van der Waals surface area contributed by atoms with Crippen LogP contribution in [0.5, 0.6) is 0 Å². The summed E-state index contributed by atoms with van der Waals surface area (Å²) in [5, 5.41) is 7.97. The van der Waals surface area contributed by atoms with E-state index in [2.05, 4.69) is 5.10 Å². The fourth-order valence-corrected chi connectivity index (χ4v) is 4.00. The van der Waals surface area contributed by atoms with Crippen molar-refractivity contribution in [3.8, 4) is 0 Å². The number of aryl methyl sites for hydroxylation is 1. The molecule has 4 rings (SSSR count). The molecule has 1 aliphatic rings. The highest BCUT2D eigenvalue weighted by Crippen LogP contribution is 2.38. The van der Waals surface area contributed by atoms with Crippen LogP contribution in [0, 0.1) is 12.7 Å². The van der Waals surface area contributed by atoms with E-state index in [0.29, 0.717) is 17.7 Å². The number of amides is 1. The molecule has 0 N–H and O–H groups in total. The molecule has 0 aliphatic carbocycles. The molecular weight excluding hydrogens is 339 g/mol. The molecule has 0 fully saturated rings. The average Bonchev–Trinajstić information content (AvgIpc) is 3.34. The van der Waals surface area contributed by atoms with Gasteiger partial charge in [0.05, 0.1) is 18.0 Å². The SMILES string of the molecule is Cc1ccsc1C1CC(c2cccc(F)c2)=NN1C(=O)c1ccco1. The zero-order chi connectivity index (χ0) is 17.4. The van der Waals surface area contributed by atoms with E-state index in [-0.39, 0.29) is 23.5 Å². The topological polar surface area (TPSA) is 45.8 Å². The third-order valence-electron chi connectivity index (χ3n) is 4.21. The Labute approximate surface area is 148 Å². The van der Waals surface area contributed by atoms with Gasteiger partial charge in [0.2, 0.25) is 0 Å². The summed E-state index contributed by atoms with van der Waals surface area (Å²) in [6.07, 6.45) is 2.00. The molecular formula is C19H15FN2O2S. The van der Waals surface area contributed by atoms with Gasteiger partial charge >= 0.3 is 5.91 Å². The Morgan fingerprint density at radius 1 is 1.32 bits per heavy atom. The molecule has 1 aliphatic heterocycles. The summed E-state index contributed by atoms with van der Waals surface area (Å²) < 4.78 is 18.8. The molecule has 2 aromatic heterocycles. The van der Waals surface area contributed by atoms with Gasteiger partial charge in [-0.3, -0.25) is 4.79 Å². The normalized spacial score (nSPS) is 17.0. The van der Waals surface area contributed by atoms with Gasteiger partial charge in [-0.2, -0.15) is 5.10 Å². The number of halogens is 1. The Morgan fingerprint density at radius 2 is 2.20 bits per heavy atom. The van der Waals surface area contributed by atoms with Crippen LogP contribution in [-0.2, 0) is 0 Å². The van der Waals surface area contributed by atoms with Crippen molar-refractivity contribution in [3.05, 3.63) is 81.7 Å². The number of furan rings is 1. The van der Waals surface area contributed by atoms with Crippen LogP contribution in [0.2, 0.25) is 0 Å². The summed E-state index contributed by atoms with van der Waals surface area (Å²) in [6, 6.07) is 11.4. The lowest BCUT2D eigenvalue weighted by molar-refractivity contribution is 0.0681. The minimum Gasteiger partial charge on any atom is -0.459 e. The van der Waals surface area contributed by atoms with Crippen LogP contribution in [-0.4, -0.2) is 16.6 Å². The smallest absolute Gasteiger partial charge is 0.310 e. The fraction of sp³-hybridized carbons (Fsp3) is 0.158. The van der Waals surface area contributed by atoms with Crippen LogP contribution in [0.1, 0.15) is 39.0 Å². The monoisotopic (exact) mass is 354 g/mol. The molecule has 0 saturated carbocycles. The zero-order valence-corrected chi connectivity index (χ0v) is 14.3. The summed E-state index contributed by atoms with van der Waals surface area (Å²) in [4.78, 5) is 13.9. The standard InChI is InChI=1S/C19H15FN2O2S/c1-12-7-9-25-18(12)16-11-15(13-4-2-5-14(20)10-13)21-22(16)19(23)17-6-3-8-24-17/h2-10,16H,11H2,1H3. The molecule has 1 atom stereocenters. The first-order valence-electron chi connectivity index (χ1n) is 7.88. The number of benzene rings is 1. The summed E-state index contributed by atoms with van der Waals surface area (Å²) in [7, 11) is 0. The number of rotatable bonds is 3. The van der Waals surface area contributed by atoms with Gasteiger partial charge in [-0.15, -0.1) is 11.3 Å². The first kappa shape index (κ1) is 15.8. The molecule has 4 nitrogen and oxygen atoms in total. The van der Waals surface area contributed by atoms with Gasteiger partial charge < -0.3 is 4.42 Å². The summed E-state index contributed by atoms with van der Waals surface area (Å²) in [5.41, 5.74) is 2.49. The Balaban J connectivity index is 1.75. The summed E-state index contributed by atoms with van der Waals surface area (Å²) in [5.74, 6) is -0.377. The van der Waals surface area contributed by atoms with Gasteiger partial charge in [-0.05, 0) is 48.2 Å². The maximum absolute atomic E-state index is 13.6. The molecule has 0 radical (unpaired) electrons. The van der Waals surface area contributed by atoms with E-state index in [1.807, 2.05) is 18.4 Å². The molecule has 3 aromatic rings. The molecule has 3 heterocycles. The van der Waals surface area contributed by atoms with E-state index in [1.165, 1.54) is 23.4 Å². The first-order chi connectivity index (χ1) is 12.1. The quantitative estimate of drug-likeness (QED) is 0.679. The van der Waals surface area contributed by atoms with Crippen LogP contribution in [0.4, 0.5) is 4.39 Å².